The lowest BCUT2D eigenvalue weighted by Crippen LogP contribution is -2.26. The van der Waals surface area contributed by atoms with Gasteiger partial charge in [0, 0.05) is 26.0 Å². The number of fused-ring (bicyclic) bond motifs is 1. The first-order valence-electron chi connectivity index (χ1n) is 8.53. The van der Waals surface area contributed by atoms with Crippen LogP contribution in [0.5, 0.6) is 0 Å². The summed E-state index contributed by atoms with van der Waals surface area (Å²) in [5, 5.41) is 4.48. The number of thioether (sulfide) groups is 1. The molecule has 0 radical (unpaired) electrons. The van der Waals surface area contributed by atoms with E-state index in [0.717, 1.165) is 28.8 Å². The smallest absolute Gasteiger partial charge is 0.240 e. The number of benzene rings is 2. The van der Waals surface area contributed by atoms with Crippen LogP contribution in [0.1, 0.15) is 17.7 Å². The maximum absolute atomic E-state index is 12.8. The molecule has 0 aliphatic rings. The highest BCUT2D eigenvalue weighted by atomic mass is 32.2. The van der Waals surface area contributed by atoms with Crippen LogP contribution in [-0.2, 0) is 4.79 Å². The molecule has 3 rings (SSSR count). The van der Waals surface area contributed by atoms with Gasteiger partial charge in [-0.25, -0.2) is 9.97 Å². The van der Waals surface area contributed by atoms with Gasteiger partial charge >= 0.3 is 0 Å². The van der Waals surface area contributed by atoms with Gasteiger partial charge in [0.15, 0.2) is 5.16 Å². The molecule has 26 heavy (non-hydrogen) atoms. The maximum atomic E-state index is 12.8. The molecule has 1 N–H and O–H groups in total. The van der Waals surface area contributed by atoms with Crippen LogP contribution < -0.4 is 5.32 Å². The zero-order valence-electron chi connectivity index (χ0n) is 15.1. The Morgan fingerprint density at radius 1 is 1.08 bits per heavy atom. The van der Waals surface area contributed by atoms with Crippen molar-refractivity contribution in [2.45, 2.75) is 17.3 Å². The first-order valence-corrected chi connectivity index (χ1v) is 9.41. The lowest BCUT2D eigenvalue weighted by Gasteiger charge is -2.20. The summed E-state index contributed by atoms with van der Waals surface area (Å²) in [5.41, 5.74) is 1.81. The van der Waals surface area contributed by atoms with E-state index >= 15 is 0 Å². The number of hydrogen-bond donors (Lipinski definition) is 1. The molecule has 0 unspecified atom stereocenters. The van der Waals surface area contributed by atoms with E-state index in [9.17, 15) is 4.79 Å². The van der Waals surface area contributed by atoms with Gasteiger partial charge < -0.3 is 10.2 Å². The zero-order valence-corrected chi connectivity index (χ0v) is 16.0. The number of likely N-dealkylation sites (N-methyl/N-ethyl adjacent to an activating group) is 1. The number of anilines is 1. The summed E-state index contributed by atoms with van der Waals surface area (Å²) in [5.74, 6) is 0.813. The largest absolute Gasteiger partial charge is 0.370 e. The predicted octanol–water partition coefficient (Wildman–Crippen LogP) is 3.98. The van der Waals surface area contributed by atoms with Gasteiger partial charge in [0.05, 0.1) is 5.52 Å². The number of carbonyl (C=O) groups is 1. The molecule has 6 heteroatoms. The number of nitrogens with one attached hydrogen (secondary N) is 1. The second-order valence-electron chi connectivity index (χ2n) is 6.04. The molecule has 0 saturated heterocycles. The van der Waals surface area contributed by atoms with Crippen molar-refractivity contribution < 1.29 is 4.79 Å². The Morgan fingerprint density at radius 3 is 2.46 bits per heavy atom. The van der Waals surface area contributed by atoms with E-state index in [0.29, 0.717) is 5.16 Å². The molecule has 1 amide bonds. The molecule has 0 saturated carbocycles. The Kier molecular flexibility index (Phi) is 5.73. The van der Waals surface area contributed by atoms with Crippen molar-refractivity contribution >= 4 is 34.4 Å². The summed E-state index contributed by atoms with van der Waals surface area (Å²) in [7, 11) is 3.54. The van der Waals surface area contributed by atoms with E-state index in [-0.39, 0.29) is 11.2 Å². The lowest BCUT2D eigenvalue weighted by atomic mass is 10.1. The number of amides is 1. The van der Waals surface area contributed by atoms with Gasteiger partial charge in [-0.3, -0.25) is 4.79 Å². The SMILES string of the molecule is CCNc1nc(S[C@H](C(=O)N(C)C)c2ccccc2)nc2ccccc12. The summed E-state index contributed by atoms with van der Waals surface area (Å²) in [6, 6.07) is 17.7. The fourth-order valence-electron chi connectivity index (χ4n) is 2.64. The third-order valence-electron chi connectivity index (χ3n) is 3.92. The Morgan fingerprint density at radius 2 is 1.77 bits per heavy atom. The summed E-state index contributed by atoms with van der Waals surface area (Å²) < 4.78 is 0. The van der Waals surface area contributed by atoms with Crippen LogP contribution in [0.25, 0.3) is 10.9 Å². The Hall–Kier alpha value is -2.60. The zero-order chi connectivity index (χ0) is 18.5. The third kappa shape index (κ3) is 3.96. The summed E-state index contributed by atoms with van der Waals surface area (Å²) in [6.07, 6.45) is 0. The minimum Gasteiger partial charge on any atom is -0.370 e. The van der Waals surface area contributed by atoms with E-state index in [1.54, 1.807) is 19.0 Å². The topological polar surface area (TPSA) is 58.1 Å². The number of aromatic nitrogens is 2. The van der Waals surface area contributed by atoms with Crippen molar-refractivity contribution in [3.05, 3.63) is 60.2 Å². The molecular weight excluding hydrogens is 344 g/mol. The van der Waals surface area contributed by atoms with Gasteiger partial charge in [-0.1, -0.05) is 54.2 Å². The first-order chi connectivity index (χ1) is 12.6. The molecule has 1 atom stereocenters. The molecule has 3 aromatic rings. The highest BCUT2D eigenvalue weighted by Crippen LogP contribution is 2.36. The van der Waals surface area contributed by atoms with Gasteiger partial charge in [0.25, 0.3) is 0 Å². The number of nitrogens with zero attached hydrogens (tertiary/aromatic N) is 3. The van der Waals surface area contributed by atoms with Gasteiger partial charge in [-0.15, -0.1) is 0 Å². The Bertz CT molecular complexity index is 899. The molecule has 5 nitrogen and oxygen atoms in total. The highest BCUT2D eigenvalue weighted by molar-refractivity contribution is 8.00. The average Bonchev–Trinajstić information content (AvgIpc) is 2.66. The van der Waals surface area contributed by atoms with Crippen molar-refractivity contribution in [2.24, 2.45) is 0 Å². The normalized spacial score (nSPS) is 12.0. The second-order valence-corrected chi connectivity index (χ2v) is 7.12. The van der Waals surface area contributed by atoms with Crippen molar-refractivity contribution in [1.29, 1.82) is 0 Å². The maximum Gasteiger partial charge on any atom is 0.240 e. The van der Waals surface area contributed by atoms with Crippen molar-refractivity contribution in [2.75, 3.05) is 26.0 Å². The summed E-state index contributed by atoms with van der Waals surface area (Å²) >= 11 is 1.38. The monoisotopic (exact) mass is 366 g/mol. The number of para-hydroxylation sites is 1. The van der Waals surface area contributed by atoms with Crippen molar-refractivity contribution in [3.63, 3.8) is 0 Å². The van der Waals surface area contributed by atoms with E-state index in [1.165, 1.54) is 11.8 Å². The molecule has 0 bridgehead atoms. The van der Waals surface area contributed by atoms with Crippen molar-refractivity contribution in [3.8, 4) is 0 Å². The van der Waals surface area contributed by atoms with Crippen LogP contribution in [0.4, 0.5) is 5.82 Å². The Balaban J connectivity index is 2.02. The fourth-order valence-corrected chi connectivity index (χ4v) is 3.75. The number of hydrogen-bond acceptors (Lipinski definition) is 5. The fraction of sp³-hybridized carbons (Fsp3) is 0.250. The molecular formula is C20H22N4OS. The minimum atomic E-state index is -0.387. The standard InChI is InChI=1S/C20H22N4OS/c1-4-21-18-15-12-8-9-13-16(15)22-20(23-18)26-17(19(25)24(2)3)14-10-6-5-7-11-14/h5-13,17H,4H2,1-3H3,(H,21,22,23)/t17-/m0/s1. The summed E-state index contributed by atoms with van der Waals surface area (Å²) in [6.45, 7) is 2.80. The molecule has 0 fully saturated rings. The lowest BCUT2D eigenvalue weighted by molar-refractivity contribution is -0.128. The molecule has 0 spiro atoms. The average molecular weight is 366 g/mol. The van der Waals surface area contributed by atoms with Crippen LogP contribution in [0, 0.1) is 0 Å². The van der Waals surface area contributed by atoms with E-state index in [1.807, 2.05) is 61.5 Å². The molecule has 0 aliphatic carbocycles. The quantitative estimate of drug-likeness (QED) is 0.528. The second kappa shape index (κ2) is 8.19. The summed E-state index contributed by atoms with van der Waals surface area (Å²) in [4.78, 5) is 23.7. The molecule has 134 valence electrons. The van der Waals surface area contributed by atoms with Gasteiger partial charge in [0.2, 0.25) is 5.91 Å². The van der Waals surface area contributed by atoms with Crippen LogP contribution in [0.2, 0.25) is 0 Å². The van der Waals surface area contributed by atoms with E-state index < -0.39 is 0 Å². The number of rotatable bonds is 6. The molecule has 1 heterocycles. The minimum absolute atomic E-state index is 0.0166. The first kappa shape index (κ1) is 18.2. The van der Waals surface area contributed by atoms with Gasteiger partial charge in [-0.05, 0) is 24.6 Å². The Labute approximate surface area is 157 Å². The molecule has 2 aromatic carbocycles. The molecule has 1 aromatic heterocycles. The van der Waals surface area contributed by atoms with Crippen LogP contribution in [-0.4, -0.2) is 41.4 Å². The van der Waals surface area contributed by atoms with E-state index in [2.05, 4.69) is 15.3 Å². The van der Waals surface area contributed by atoms with Gasteiger partial charge in [0.1, 0.15) is 11.1 Å². The number of carbonyl (C=O) groups excluding carboxylic acids is 1. The van der Waals surface area contributed by atoms with Crippen LogP contribution in [0.3, 0.4) is 0 Å². The van der Waals surface area contributed by atoms with Crippen molar-refractivity contribution in [1.82, 2.24) is 14.9 Å². The van der Waals surface area contributed by atoms with Gasteiger partial charge in [-0.2, -0.15) is 0 Å². The highest BCUT2D eigenvalue weighted by Gasteiger charge is 2.25. The third-order valence-corrected chi connectivity index (χ3v) is 5.02. The molecule has 0 aliphatic heterocycles. The van der Waals surface area contributed by atoms with Crippen LogP contribution >= 0.6 is 11.8 Å². The van der Waals surface area contributed by atoms with Crippen LogP contribution in [0.15, 0.2) is 59.8 Å². The van der Waals surface area contributed by atoms with E-state index in [4.69, 9.17) is 0 Å². The predicted molar refractivity (Wildman–Crippen MR) is 107 cm³/mol.